The maximum Gasteiger partial charge on any atom is 0.191 e. The van der Waals surface area contributed by atoms with Crippen molar-refractivity contribution in [2.75, 3.05) is 13.6 Å². The molecule has 0 bridgehead atoms. The molecule has 0 amide bonds. The number of nitrogens with one attached hydrogen (secondary N) is 2. The first-order valence-electron chi connectivity index (χ1n) is 9.42. The van der Waals surface area contributed by atoms with E-state index in [1.54, 1.807) is 0 Å². The minimum atomic E-state index is 0.300. The van der Waals surface area contributed by atoms with Gasteiger partial charge >= 0.3 is 0 Å². The van der Waals surface area contributed by atoms with Crippen LogP contribution in [0, 0.1) is 11.3 Å². The number of aliphatic imine (C=N–C) groups is 1. The highest BCUT2D eigenvalue weighted by molar-refractivity contribution is 5.79. The van der Waals surface area contributed by atoms with E-state index in [-0.39, 0.29) is 0 Å². The van der Waals surface area contributed by atoms with E-state index in [1.807, 2.05) is 7.05 Å². The van der Waals surface area contributed by atoms with Crippen molar-refractivity contribution in [1.82, 2.24) is 15.8 Å². The first kappa shape index (κ1) is 18.8. The van der Waals surface area contributed by atoms with Gasteiger partial charge in [-0.05, 0) is 30.6 Å². The maximum absolute atomic E-state index is 5.43. The summed E-state index contributed by atoms with van der Waals surface area (Å²) in [5, 5.41) is 11.1. The first-order chi connectivity index (χ1) is 11.5. The van der Waals surface area contributed by atoms with Gasteiger partial charge in [0.2, 0.25) is 0 Å². The molecule has 1 aliphatic rings. The Morgan fingerprint density at radius 2 is 1.92 bits per heavy atom. The minimum Gasteiger partial charge on any atom is -0.361 e. The van der Waals surface area contributed by atoms with Gasteiger partial charge < -0.3 is 15.2 Å². The molecule has 1 fully saturated rings. The lowest BCUT2D eigenvalue weighted by atomic mass is 9.78. The molecule has 1 heterocycles. The first-order valence-corrected chi connectivity index (χ1v) is 9.42. The van der Waals surface area contributed by atoms with Gasteiger partial charge in [-0.25, -0.2) is 0 Å². The second-order valence-electron chi connectivity index (χ2n) is 7.49. The van der Waals surface area contributed by atoms with Gasteiger partial charge in [-0.1, -0.05) is 45.7 Å². The molecule has 0 atom stereocenters. The van der Waals surface area contributed by atoms with E-state index in [0.717, 1.165) is 42.7 Å². The van der Waals surface area contributed by atoms with Gasteiger partial charge in [0.05, 0.1) is 5.69 Å². The fourth-order valence-electron chi connectivity index (χ4n) is 3.69. The molecular formula is C19H34N4O. The second kappa shape index (κ2) is 8.54. The van der Waals surface area contributed by atoms with Crippen LogP contribution in [0.4, 0.5) is 0 Å². The Kier molecular flexibility index (Phi) is 6.69. The average molecular weight is 335 g/mol. The minimum absolute atomic E-state index is 0.300. The van der Waals surface area contributed by atoms with E-state index in [0.29, 0.717) is 12.0 Å². The highest BCUT2D eigenvalue weighted by Crippen LogP contribution is 2.38. The van der Waals surface area contributed by atoms with Crippen molar-refractivity contribution in [1.29, 1.82) is 0 Å². The maximum atomic E-state index is 5.43. The third kappa shape index (κ3) is 4.52. The zero-order valence-corrected chi connectivity index (χ0v) is 16.0. The Labute approximate surface area is 146 Å². The smallest absolute Gasteiger partial charge is 0.191 e. The van der Waals surface area contributed by atoms with E-state index in [9.17, 15) is 0 Å². The molecule has 1 saturated carbocycles. The number of aromatic nitrogens is 1. The lowest BCUT2D eigenvalue weighted by molar-refractivity contribution is 0.218. The number of rotatable bonds is 7. The van der Waals surface area contributed by atoms with Gasteiger partial charge in [0.15, 0.2) is 5.96 Å². The van der Waals surface area contributed by atoms with Crippen molar-refractivity contribution >= 4 is 5.96 Å². The van der Waals surface area contributed by atoms with Crippen LogP contribution in [0.15, 0.2) is 9.52 Å². The van der Waals surface area contributed by atoms with Crippen LogP contribution in [-0.2, 0) is 19.4 Å². The van der Waals surface area contributed by atoms with Gasteiger partial charge in [0.25, 0.3) is 0 Å². The molecule has 0 aromatic carbocycles. The van der Waals surface area contributed by atoms with Gasteiger partial charge in [-0.2, -0.15) is 0 Å². The van der Waals surface area contributed by atoms with E-state index < -0.39 is 0 Å². The van der Waals surface area contributed by atoms with Crippen LogP contribution in [0.2, 0.25) is 0 Å². The van der Waals surface area contributed by atoms with Crippen molar-refractivity contribution in [3.63, 3.8) is 0 Å². The Bertz CT molecular complexity index is 520. The molecule has 5 heteroatoms. The van der Waals surface area contributed by atoms with Crippen molar-refractivity contribution in [2.45, 2.75) is 72.8 Å². The third-order valence-corrected chi connectivity index (χ3v) is 5.43. The zero-order valence-electron chi connectivity index (χ0n) is 16.0. The summed E-state index contributed by atoms with van der Waals surface area (Å²) in [5.41, 5.74) is 2.52. The Morgan fingerprint density at radius 3 is 2.50 bits per heavy atom. The van der Waals surface area contributed by atoms with Crippen LogP contribution in [0.25, 0.3) is 0 Å². The summed E-state index contributed by atoms with van der Waals surface area (Å²) in [7, 11) is 1.83. The van der Waals surface area contributed by atoms with E-state index in [4.69, 9.17) is 4.52 Å². The zero-order chi connectivity index (χ0) is 17.6. The quantitative estimate of drug-likeness (QED) is 0.590. The van der Waals surface area contributed by atoms with E-state index in [1.165, 1.54) is 31.2 Å². The molecule has 0 aliphatic heterocycles. The molecule has 136 valence electrons. The summed E-state index contributed by atoms with van der Waals surface area (Å²) in [4.78, 5) is 4.37. The van der Waals surface area contributed by atoms with Crippen molar-refractivity contribution in [3.8, 4) is 0 Å². The highest BCUT2D eigenvalue weighted by Gasteiger charge is 2.31. The largest absolute Gasteiger partial charge is 0.361 e. The summed E-state index contributed by atoms with van der Waals surface area (Å²) < 4.78 is 5.43. The molecule has 0 spiro atoms. The fraction of sp³-hybridized carbons (Fsp3) is 0.789. The molecule has 0 saturated heterocycles. The van der Waals surface area contributed by atoms with Crippen LogP contribution >= 0.6 is 0 Å². The molecule has 0 radical (unpaired) electrons. The summed E-state index contributed by atoms with van der Waals surface area (Å²) in [6.45, 7) is 10.6. The summed E-state index contributed by atoms with van der Waals surface area (Å²) in [6, 6.07) is 0. The molecule has 1 aliphatic carbocycles. The number of hydrogen-bond acceptors (Lipinski definition) is 3. The molecule has 0 unspecified atom stereocenters. The van der Waals surface area contributed by atoms with Crippen LogP contribution < -0.4 is 10.6 Å². The van der Waals surface area contributed by atoms with Gasteiger partial charge in [-0.15, -0.1) is 0 Å². The van der Waals surface area contributed by atoms with Crippen LogP contribution in [0.5, 0.6) is 0 Å². The Hall–Kier alpha value is -1.52. The predicted molar refractivity (Wildman–Crippen MR) is 99.2 cm³/mol. The molecule has 2 N–H and O–H groups in total. The van der Waals surface area contributed by atoms with Crippen LogP contribution in [-0.4, -0.2) is 24.7 Å². The number of aryl methyl sites for hydroxylation is 2. The number of hydrogen-bond donors (Lipinski definition) is 2. The van der Waals surface area contributed by atoms with Crippen molar-refractivity contribution in [2.24, 2.45) is 16.3 Å². The van der Waals surface area contributed by atoms with E-state index >= 15 is 0 Å². The molecular weight excluding hydrogens is 300 g/mol. The Balaban J connectivity index is 1.90. The molecule has 5 nitrogen and oxygen atoms in total. The number of guanidine groups is 1. The van der Waals surface area contributed by atoms with Gasteiger partial charge in [-0.3, -0.25) is 4.99 Å². The lowest BCUT2D eigenvalue weighted by Gasteiger charge is -2.32. The van der Waals surface area contributed by atoms with E-state index in [2.05, 4.69) is 48.5 Å². The molecule has 24 heavy (non-hydrogen) atoms. The van der Waals surface area contributed by atoms with Crippen molar-refractivity contribution < 1.29 is 4.52 Å². The van der Waals surface area contributed by atoms with Gasteiger partial charge in [0, 0.05) is 32.1 Å². The third-order valence-electron chi connectivity index (χ3n) is 5.43. The van der Waals surface area contributed by atoms with Gasteiger partial charge in [0.1, 0.15) is 5.76 Å². The normalized spacial score (nSPS) is 16.6. The topological polar surface area (TPSA) is 62.5 Å². The number of nitrogens with zero attached hydrogens (tertiary/aromatic N) is 2. The highest BCUT2D eigenvalue weighted by atomic mass is 16.5. The summed E-state index contributed by atoms with van der Waals surface area (Å²) in [6.07, 6.45) is 7.25. The summed E-state index contributed by atoms with van der Waals surface area (Å²) >= 11 is 0. The summed E-state index contributed by atoms with van der Waals surface area (Å²) in [5.74, 6) is 2.65. The van der Waals surface area contributed by atoms with Crippen LogP contribution in [0.1, 0.15) is 70.4 Å². The standard InChI is InChI=1S/C19H34N4O/c1-6-16-15(17(7-2)24-23-16)12-21-18(20-5)22-13-19(3,4)14-10-8-9-11-14/h14H,6-13H2,1-5H3,(H2,20,21,22). The average Bonchev–Trinajstić information content (AvgIpc) is 3.24. The van der Waals surface area contributed by atoms with Crippen molar-refractivity contribution in [3.05, 3.63) is 17.0 Å². The molecule has 2 rings (SSSR count). The fourth-order valence-corrected chi connectivity index (χ4v) is 3.69. The molecule has 1 aromatic heterocycles. The predicted octanol–water partition coefficient (Wildman–Crippen LogP) is 3.68. The SMILES string of the molecule is CCc1noc(CC)c1CNC(=NC)NCC(C)(C)C1CCCC1. The lowest BCUT2D eigenvalue weighted by Crippen LogP contribution is -2.43. The van der Waals surface area contributed by atoms with Crippen LogP contribution in [0.3, 0.4) is 0 Å². The monoisotopic (exact) mass is 334 g/mol. The molecule has 1 aromatic rings. The Morgan fingerprint density at radius 1 is 1.21 bits per heavy atom. The second-order valence-corrected chi connectivity index (χ2v) is 7.49.